The van der Waals surface area contributed by atoms with Gasteiger partial charge in [0.05, 0.1) is 0 Å². The average molecular weight is 124 g/mol. The topological polar surface area (TPSA) is 0 Å². The van der Waals surface area contributed by atoms with Crippen molar-refractivity contribution in [1.29, 1.82) is 0 Å². The molecule has 0 saturated heterocycles. The molecule has 0 fully saturated rings. The average Bonchev–Trinajstić information content (AvgIpc) is 1.91. The summed E-state index contributed by atoms with van der Waals surface area (Å²) in [5.74, 6) is 0.588. The van der Waals surface area contributed by atoms with Gasteiger partial charge in [0.25, 0.3) is 0 Å². The molecular weight excluding hydrogens is 108 g/mol. The van der Waals surface area contributed by atoms with Crippen LogP contribution < -0.4 is 0 Å². The predicted molar refractivity (Wildman–Crippen MR) is 43.4 cm³/mol. The molecule has 0 bridgehead atoms. The smallest absolute Gasteiger partial charge is 0.00588 e. The normalized spacial score (nSPS) is 14.0. The molecule has 0 amide bonds. The lowest BCUT2D eigenvalue weighted by Gasteiger charge is -1.99. The van der Waals surface area contributed by atoms with Crippen LogP contribution in [0.3, 0.4) is 0 Å². The largest absolute Gasteiger partial charge is 0.102 e. The summed E-state index contributed by atoms with van der Waals surface area (Å²) in [6, 6.07) is 0. The summed E-state index contributed by atoms with van der Waals surface area (Å²) in [5.41, 5.74) is 0. The molecule has 0 aromatic carbocycles. The molecule has 0 heterocycles. The molecule has 0 saturated carbocycles. The van der Waals surface area contributed by atoms with Crippen LogP contribution >= 0.6 is 0 Å². The van der Waals surface area contributed by atoms with Gasteiger partial charge in [0, 0.05) is 0 Å². The Morgan fingerprint density at radius 3 is 2.44 bits per heavy atom. The van der Waals surface area contributed by atoms with Crippen molar-refractivity contribution in [2.24, 2.45) is 5.92 Å². The number of allylic oxidation sites excluding steroid dienone is 3. The Bertz CT molecular complexity index is 90.2. The van der Waals surface area contributed by atoms with E-state index in [0.29, 0.717) is 5.92 Å². The Kier molecular flexibility index (Phi) is 5.29. The van der Waals surface area contributed by atoms with Gasteiger partial charge >= 0.3 is 0 Å². The van der Waals surface area contributed by atoms with Crippen molar-refractivity contribution in [1.82, 2.24) is 0 Å². The summed E-state index contributed by atoms with van der Waals surface area (Å²) in [4.78, 5) is 0. The lowest BCUT2D eigenvalue weighted by molar-refractivity contribution is 0.772. The van der Waals surface area contributed by atoms with Crippen LogP contribution in [-0.2, 0) is 0 Å². The van der Waals surface area contributed by atoms with E-state index in [9.17, 15) is 0 Å². The molecule has 0 aromatic rings. The van der Waals surface area contributed by atoms with Crippen molar-refractivity contribution in [2.45, 2.75) is 26.7 Å². The second-order valence-electron chi connectivity index (χ2n) is 2.14. The second-order valence-corrected chi connectivity index (χ2v) is 2.14. The first kappa shape index (κ1) is 8.48. The molecule has 0 aliphatic carbocycles. The third-order valence-electron chi connectivity index (χ3n) is 1.39. The van der Waals surface area contributed by atoms with Crippen molar-refractivity contribution < 1.29 is 0 Å². The summed E-state index contributed by atoms with van der Waals surface area (Å²) in [7, 11) is 0. The lowest BCUT2D eigenvalue weighted by atomic mass is 10.1. The summed E-state index contributed by atoms with van der Waals surface area (Å²) in [6.45, 7) is 8.05. The molecule has 0 N–H and O–H groups in total. The van der Waals surface area contributed by atoms with Crippen molar-refractivity contribution in [3.63, 3.8) is 0 Å². The zero-order valence-corrected chi connectivity index (χ0v) is 6.43. The van der Waals surface area contributed by atoms with E-state index in [1.165, 1.54) is 6.42 Å². The van der Waals surface area contributed by atoms with Gasteiger partial charge in [0.1, 0.15) is 0 Å². The first-order chi connectivity index (χ1) is 4.35. The highest BCUT2D eigenvalue weighted by Crippen LogP contribution is 2.04. The van der Waals surface area contributed by atoms with Gasteiger partial charge < -0.3 is 0 Å². The van der Waals surface area contributed by atoms with Gasteiger partial charge in [-0.15, -0.1) is 6.58 Å². The standard InChI is InChI=1S/C9H16/c1-4-7-8-9(5-2)6-3/h5,7-9H,2,4,6H2,1,3H3. The van der Waals surface area contributed by atoms with Crippen LogP contribution in [-0.4, -0.2) is 0 Å². The molecule has 1 unspecified atom stereocenters. The molecule has 9 heavy (non-hydrogen) atoms. The van der Waals surface area contributed by atoms with E-state index in [0.717, 1.165) is 6.42 Å². The van der Waals surface area contributed by atoms with E-state index >= 15 is 0 Å². The van der Waals surface area contributed by atoms with Gasteiger partial charge in [0.2, 0.25) is 0 Å². The van der Waals surface area contributed by atoms with Gasteiger partial charge in [-0.3, -0.25) is 0 Å². The van der Waals surface area contributed by atoms with Crippen molar-refractivity contribution >= 4 is 0 Å². The van der Waals surface area contributed by atoms with Crippen LogP contribution in [0.25, 0.3) is 0 Å². The fourth-order valence-corrected chi connectivity index (χ4v) is 0.692. The third-order valence-corrected chi connectivity index (χ3v) is 1.39. The summed E-state index contributed by atoms with van der Waals surface area (Å²) in [5, 5.41) is 0. The van der Waals surface area contributed by atoms with Gasteiger partial charge in [-0.25, -0.2) is 0 Å². The quantitative estimate of drug-likeness (QED) is 0.505. The second kappa shape index (κ2) is 5.61. The zero-order chi connectivity index (χ0) is 7.11. The highest BCUT2D eigenvalue weighted by atomic mass is 14.0. The molecule has 1 atom stereocenters. The molecule has 0 rings (SSSR count). The maximum absolute atomic E-state index is 3.73. The minimum Gasteiger partial charge on any atom is -0.102 e. The lowest BCUT2D eigenvalue weighted by Crippen LogP contribution is -1.85. The number of rotatable bonds is 4. The summed E-state index contributed by atoms with van der Waals surface area (Å²) in [6.07, 6.45) is 8.69. The Morgan fingerprint density at radius 1 is 1.44 bits per heavy atom. The SMILES string of the molecule is C=CC(C=CCC)CC. The molecule has 0 aliphatic heterocycles. The van der Waals surface area contributed by atoms with Crippen LogP contribution in [0.1, 0.15) is 26.7 Å². The van der Waals surface area contributed by atoms with E-state index < -0.39 is 0 Å². The van der Waals surface area contributed by atoms with Crippen LogP contribution in [0.4, 0.5) is 0 Å². The molecule has 0 spiro atoms. The Hall–Kier alpha value is -0.520. The first-order valence-electron chi connectivity index (χ1n) is 3.64. The molecule has 0 nitrogen and oxygen atoms in total. The highest BCUT2D eigenvalue weighted by Gasteiger charge is 1.90. The maximum Gasteiger partial charge on any atom is -0.00588 e. The van der Waals surface area contributed by atoms with E-state index in [2.05, 4.69) is 32.6 Å². The number of hydrogen-bond acceptors (Lipinski definition) is 0. The van der Waals surface area contributed by atoms with E-state index in [-0.39, 0.29) is 0 Å². The van der Waals surface area contributed by atoms with Gasteiger partial charge in [-0.1, -0.05) is 32.1 Å². The van der Waals surface area contributed by atoms with Crippen molar-refractivity contribution in [2.75, 3.05) is 0 Å². The molecule has 0 aliphatic rings. The Morgan fingerprint density at radius 2 is 2.11 bits per heavy atom. The maximum atomic E-state index is 3.73. The van der Waals surface area contributed by atoms with Crippen molar-refractivity contribution in [3.8, 4) is 0 Å². The van der Waals surface area contributed by atoms with Crippen LogP contribution in [0.2, 0.25) is 0 Å². The molecule has 0 aromatic heterocycles. The fraction of sp³-hybridized carbons (Fsp3) is 0.556. The summed E-state index contributed by atoms with van der Waals surface area (Å²) < 4.78 is 0. The van der Waals surface area contributed by atoms with Crippen LogP contribution in [0, 0.1) is 5.92 Å². The molecular formula is C9H16. The molecule has 52 valence electrons. The van der Waals surface area contributed by atoms with Gasteiger partial charge in [0.15, 0.2) is 0 Å². The van der Waals surface area contributed by atoms with Gasteiger partial charge in [-0.05, 0) is 18.8 Å². The monoisotopic (exact) mass is 124 g/mol. The summed E-state index contributed by atoms with van der Waals surface area (Å²) >= 11 is 0. The zero-order valence-electron chi connectivity index (χ0n) is 6.43. The molecule has 0 heteroatoms. The fourth-order valence-electron chi connectivity index (χ4n) is 0.692. The minimum atomic E-state index is 0.588. The Labute approximate surface area is 58.3 Å². The van der Waals surface area contributed by atoms with Crippen LogP contribution in [0.5, 0.6) is 0 Å². The van der Waals surface area contributed by atoms with E-state index in [1.807, 2.05) is 6.08 Å². The first-order valence-corrected chi connectivity index (χ1v) is 3.64. The van der Waals surface area contributed by atoms with Crippen molar-refractivity contribution in [3.05, 3.63) is 24.8 Å². The predicted octanol–water partition coefficient (Wildman–Crippen LogP) is 3.16. The van der Waals surface area contributed by atoms with E-state index in [1.54, 1.807) is 0 Å². The highest BCUT2D eigenvalue weighted by molar-refractivity contribution is 4.95. The minimum absolute atomic E-state index is 0.588. The number of hydrogen-bond donors (Lipinski definition) is 0. The Balaban J connectivity index is 3.54. The van der Waals surface area contributed by atoms with Gasteiger partial charge in [-0.2, -0.15) is 0 Å². The molecule has 0 radical (unpaired) electrons. The van der Waals surface area contributed by atoms with Crippen LogP contribution in [0.15, 0.2) is 24.8 Å². The van der Waals surface area contributed by atoms with E-state index in [4.69, 9.17) is 0 Å². The third kappa shape index (κ3) is 4.01.